The van der Waals surface area contributed by atoms with Crippen molar-refractivity contribution >= 4 is 11.9 Å². The Balaban J connectivity index is 1.57. The SMILES string of the molecule is O=C(/C=C(\CC1CO1)C(=O)OCc1ccccc1)OCc1ccccc1. The van der Waals surface area contributed by atoms with Gasteiger partial charge in [0.2, 0.25) is 0 Å². The third kappa shape index (κ3) is 5.86. The third-order valence-corrected chi connectivity index (χ3v) is 3.84. The second-order valence-electron chi connectivity index (χ2n) is 5.98. The molecule has 3 rings (SSSR count). The van der Waals surface area contributed by atoms with Gasteiger partial charge in [0.25, 0.3) is 0 Å². The van der Waals surface area contributed by atoms with Gasteiger partial charge in [-0.05, 0) is 11.1 Å². The van der Waals surface area contributed by atoms with Gasteiger partial charge in [-0.15, -0.1) is 0 Å². The molecule has 0 saturated carbocycles. The van der Waals surface area contributed by atoms with Gasteiger partial charge in [-0.1, -0.05) is 60.7 Å². The minimum absolute atomic E-state index is 0.0348. The standard InChI is InChI=1S/C21H20O5/c22-20(25-13-16-7-3-1-4-8-16)12-18(11-19-15-24-19)21(23)26-14-17-9-5-2-6-10-17/h1-10,12,19H,11,13-15H2/b18-12+. The van der Waals surface area contributed by atoms with Crippen molar-refractivity contribution < 1.29 is 23.8 Å². The van der Waals surface area contributed by atoms with E-state index in [-0.39, 0.29) is 24.9 Å². The number of esters is 2. The number of epoxide rings is 1. The second kappa shape index (κ2) is 8.97. The highest BCUT2D eigenvalue weighted by Gasteiger charge is 2.27. The predicted octanol–water partition coefficient (Wildman–Crippen LogP) is 3.19. The quantitative estimate of drug-likeness (QED) is 0.415. The van der Waals surface area contributed by atoms with Gasteiger partial charge in [0.05, 0.1) is 12.7 Å². The number of benzene rings is 2. The van der Waals surface area contributed by atoms with Gasteiger partial charge in [0.1, 0.15) is 13.2 Å². The molecule has 2 aromatic rings. The fourth-order valence-electron chi connectivity index (χ4n) is 2.36. The molecule has 0 spiro atoms. The average Bonchev–Trinajstić information content (AvgIpc) is 3.50. The van der Waals surface area contributed by atoms with Crippen molar-refractivity contribution in [3.05, 3.63) is 83.4 Å². The summed E-state index contributed by atoms with van der Waals surface area (Å²) in [7, 11) is 0. The van der Waals surface area contributed by atoms with Crippen LogP contribution in [0, 0.1) is 0 Å². The molecule has 0 N–H and O–H groups in total. The van der Waals surface area contributed by atoms with Gasteiger partial charge in [-0.3, -0.25) is 0 Å². The van der Waals surface area contributed by atoms with Crippen LogP contribution in [0.15, 0.2) is 72.3 Å². The largest absolute Gasteiger partial charge is 0.458 e. The first-order valence-corrected chi connectivity index (χ1v) is 8.44. The molecule has 0 amide bonds. The van der Waals surface area contributed by atoms with Crippen LogP contribution in [0.1, 0.15) is 17.5 Å². The second-order valence-corrected chi connectivity index (χ2v) is 5.98. The lowest BCUT2D eigenvalue weighted by Crippen LogP contribution is -2.13. The van der Waals surface area contributed by atoms with E-state index < -0.39 is 11.9 Å². The van der Waals surface area contributed by atoms with E-state index in [2.05, 4.69) is 0 Å². The Morgan fingerprint density at radius 2 is 1.46 bits per heavy atom. The highest BCUT2D eigenvalue weighted by atomic mass is 16.6. The zero-order valence-electron chi connectivity index (χ0n) is 14.3. The summed E-state index contributed by atoms with van der Waals surface area (Å²) in [4.78, 5) is 24.4. The molecule has 5 nitrogen and oxygen atoms in total. The van der Waals surface area contributed by atoms with E-state index in [1.54, 1.807) is 0 Å². The number of carbonyl (C=O) groups excluding carboxylic acids is 2. The van der Waals surface area contributed by atoms with E-state index in [1.807, 2.05) is 60.7 Å². The summed E-state index contributed by atoms with van der Waals surface area (Å²) in [6, 6.07) is 18.7. The molecule has 1 atom stereocenters. The van der Waals surface area contributed by atoms with Crippen LogP contribution in [-0.4, -0.2) is 24.6 Å². The molecule has 0 bridgehead atoms. The summed E-state index contributed by atoms with van der Waals surface area (Å²) >= 11 is 0. The molecular formula is C21H20O5. The van der Waals surface area contributed by atoms with Crippen LogP contribution in [0.25, 0.3) is 0 Å². The number of rotatable bonds is 8. The summed E-state index contributed by atoms with van der Waals surface area (Å²) in [5.74, 6) is -1.10. The molecule has 1 aliphatic heterocycles. The molecule has 0 aromatic heterocycles. The minimum atomic E-state index is -0.568. The van der Waals surface area contributed by atoms with E-state index in [0.29, 0.717) is 13.0 Å². The van der Waals surface area contributed by atoms with Crippen molar-refractivity contribution in [3.8, 4) is 0 Å². The van der Waals surface area contributed by atoms with E-state index in [9.17, 15) is 9.59 Å². The zero-order valence-corrected chi connectivity index (χ0v) is 14.3. The van der Waals surface area contributed by atoms with Gasteiger partial charge in [-0.2, -0.15) is 0 Å². The van der Waals surface area contributed by atoms with Crippen molar-refractivity contribution in [2.24, 2.45) is 0 Å². The van der Waals surface area contributed by atoms with Gasteiger partial charge in [-0.25, -0.2) is 9.59 Å². The molecule has 1 aliphatic rings. The summed E-state index contributed by atoms with van der Waals surface area (Å²) in [6.07, 6.45) is 1.51. The maximum absolute atomic E-state index is 12.3. The van der Waals surface area contributed by atoms with Gasteiger partial charge in [0, 0.05) is 18.1 Å². The molecule has 1 fully saturated rings. The smallest absolute Gasteiger partial charge is 0.334 e. The maximum atomic E-state index is 12.3. The molecule has 26 heavy (non-hydrogen) atoms. The molecule has 134 valence electrons. The third-order valence-electron chi connectivity index (χ3n) is 3.84. The molecular weight excluding hydrogens is 332 g/mol. The summed E-state index contributed by atoms with van der Waals surface area (Å²) < 4.78 is 15.7. The Morgan fingerprint density at radius 3 is 2.00 bits per heavy atom. The van der Waals surface area contributed by atoms with Gasteiger partial charge < -0.3 is 14.2 Å². The minimum Gasteiger partial charge on any atom is -0.458 e. The molecule has 0 radical (unpaired) electrons. The number of hydrogen-bond acceptors (Lipinski definition) is 5. The molecule has 0 aliphatic carbocycles. The Morgan fingerprint density at radius 1 is 0.923 bits per heavy atom. The van der Waals surface area contributed by atoms with E-state index in [4.69, 9.17) is 14.2 Å². The Kier molecular flexibility index (Phi) is 6.17. The summed E-state index contributed by atoms with van der Waals surface area (Å²) in [6.45, 7) is 0.895. The highest BCUT2D eigenvalue weighted by Crippen LogP contribution is 2.20. The number of ether oxygens (including phenoxy) is 3. The van der Waals surface area contributed by atoms with Crippen LogP contribution in [0.5, 0.6) is 0 Å². The Hall–Kier alpha value is -2.92. The highest BCUT2D eigenvalue weighted by molar-refractivity contribution is 5.96. The van der Waals surface area contributed by atoms with Crippen LogP contribution in [-0.2, 0) is 37.0 Å². The lowest BCUT2D eigenvalue weighted by molar-refractivity contribution is -0.142. The first kappa shape index (κ1) is 17.9. The Bertz CT molecular complexity index is 764. The Labute approximate surface area is 152 Å². The van der Waals surface area contributed by atoms with Crippen LogP contribution in [0.3, 0.4) is 0 Å². The van der Waals surface area contributed by atoms with E-state index in [0.717, 1.165) is 11.1 Å². The fourth-order valence-corrected chi connectivity index (χ4v) is 2.36. The van der Waals surface area contributed by atoms with Crippen molar-refractivity contribution in [3.63, 3.8) is 0 Å². The molecule has 1 saturated heterocycles. The molecule has 1 unspecified atom stereocenters. The van der Waals surface area contributed by atoms with Crippen molar-refractivity contribution in [1.82, 2.24) is 0 Å². The zero-order chi connectivity index (χ0) is 18.2. The van der Waals surface area contributed by atoms with Crippen molar-refractivity contribution in [1.29, 1.82) is 0 Å². The van der Waals surface area contributed by atoms with Crippen LogP contribution < -0.4 is 0 Å². The van der Waals surface area contributed by atoms with Crippen molar-refractivity contribution in [2.45, 2.75) is 25.7 Å². The fraction of sp³-hybridized carbons (Fsp3) is 0.238. The topological polar surface area (TPSA) is 65.1 Å². The van der Waals surface area contributed by atoms with Crippen LogP contribution >= 0.6 is 0 Å². The molecule has 1 heterocycles. The first-order chi connectivity index (χ1) is 12.7. The van der Waals surface area contributed by atoms with Crippen LogP contribution in [0.2, 0.25) is 0 Å². The predicted molar refractivity (Wildman–Crippen MR) is 94.9 cm³/mol. The monoisotopic (exact) mass is 352 g/mol. The normalized spacial score (nSPS) is 16.0. The maximum Gasteiger partial charge on any atom is 0.334 e. The lowest BCUT2D eigenvalue weighted by Gasteiger charge is -2.08. The van der Waals surface area contributed by atoms with Gasteiger partial charge in [0.15, 0.2) is 0 Å². The summed E-state index contributed by atoms with van der Waals surface area (Å²) in [5.41, 5.74) is 2.03. The first-order valence-electron chi connectivity index (χ1n) is 8.44. The summed E-state index contributed by atoms with van der Waals surface area (Å²) in [5, 5.41) is 0. The van der Waals surface area contributed by atoms with Crippen molar-refractivity contribution in [2.75, 3.05) is 6.61 Å². The number of carbonyl (C=O) groups is 2. The van der Waals surface area contributed by atoms with E-state index in [1.165, 1.54) is 6.08 Å². The average molecular weight is 352 g/mol. The molecule has 2 aromatic carbocycles. The number of hydrogen-bond donors (Lipinski definition) is 0. The van der Waals surface area contributed by atoms with E-state index >= 15 is 0 Å². The van der Waals surface area contributed by atoms with Crippen LogP contribution in [0.4, 0.5) is 0 Å². The lowest BCUT2D eigenvalue weighted by atomic mass is 10.1. The van der Waals surface area contributed by atoms with Gasteiger partial charge >= 0.3 is 11.9 Å². The molecule has 5 heteroatoms.